The molecule has 2 amide bonds. The van der Waals surface area contributed by atoms with Gasteiger partial charge in [0.05, 0.1) is 5.75 Å². The molecule has 0 aromatic heterocycles. The van der Waals surface area contributed by atoms with Gasteiger partial charge < -0.3 is 10.1 Å². The topological polar surface area (TPSA) is 58.6 Å². The molecule has 1 heterocycles. The molecule has 1 atom stereocenters. The summed E-state index contributed by atoms with van der Waals surface area (Å²) in [5.74, 6) is 1.43. The number of carbonyl (C=O) groups excluding carboxylic acids is 2. The van der Waals surface area contributed by atoms with Crippen molar-refractivity contribution in [2.75, 3.05) is 22.6 Å². The van der Waals surface area contributed by atoms with E-state index in [9.17, 15) is 9.59 Å². The maximum Gasteiger partial charge on any atom is 0.262 e. The van der Waals surface area contributed by atoms with Crippen molar-refractivity contribution in [3.8, 4) is 5.75 Å². The Kier molecular flexibility index (Phi) is 6.81. The van der Waals surface area contributed by atoms with Crippen molar-refractivity contribution in [2.45, 2.75) is 25.1 Å². The summed E-state index contributed by atoms with van der Waals surface area (Å²) in [4.78, 5) is 26.7. The summed E-state index contributed by atoms with van der Waals surface area (Å²) in [6.07, 6.45) is 0. The quantitative estimate of drug-likeness (QED) is 0.513. The van der Waals surface area contributed by atoms with Crippen LogP contribution in [-0.4, -0.2) is 24.2 Å². The normalized spacial score (nSPS) is 15.8. The second-order valence-electron chi connectivity index (χ2n) is 7.95. The molecular weight excluding hydrogens is 420 g/mol. The number of hydrogen-bond donors (Lipinski definition) is 1. The van der Waals surface area contributed by atoms with Crippen LogP contribution in [0.15, 0.2) is 78.9 Å². The van der Waals surface area contributed by atoms with Crippen molar-refractivity contribution in [2.24, 2.45) is 0 Å². The first kappa shape index (κ1) is 22.0. The van der Waals surface area contributed by atoms with E-state index in [1.807, 2.05) is 71.6 Å². The van der Waals surface area contributed by atoms with Gasteiger partial charge in [-0.05, 0) is 53.4 Å². The Hall–Kier alpha value is -3.25. The van der Waals surface area contributed by atoms with E-state index in [0.717, 1.165) is 11.3 Å². The molecule has 0 spiro atoms. The molecule has 0 saturated carbocycles. The average molecular weight is 447 g/mol. The molecule has 0 aliphatic carbocycles. The number of thioether (sulfide) groups is 1. The zero-order valence-electron chi connectivity index (χ0n) is 18.2. The Balaban J connectivity index is 1.41. The van der Waals surface area contributed by atoms with Crippen LogP contribution in [0.4, 0.5) is 11.4 Å². The van der Waals surface area contributed by atoms with Gasteiger partial charge in [0.15, 0.2) is 6.61 Å². The first-order chi connectivity index (χ1) is 15.5. The van der Waals surface area contributed by atoms with Gasteiger partial charge in [-0.3, -0.25) is 14.5 Å². The Bertz CT molecular complexity index is 1070. The molecule has 0 unspecified atom stereocenters. The maximum absolute atomic E-state index is 12.6. The number of nitrogens with one attached hydrogen (secondary N) is 1. The Morgan fingerprint density at radius 3 is 2.38 bits per heavy atom. The summed E-state index contributed by atoms with van der Waals surface area (Å²) in [5, 5.41) is 2.76. The van der Waals surface area contributed by atoms with Crippen molar-refractivity contribution in [1.29, 1.82) is 0 Å². The number of carbonyl (C=O) groups is 2. The van der Waals surface area contributed by atoms with Crippen LogP contribution in [0.3, 0.4) is 0 Å². The largest absolute Gasteiger partial charge is 0.484 e. The van der Waals surface area contributed by atoms with Gasteiger partial charge in [-0.1, -0.05) is 56.3 Å². The molecule has 1 aliphatic rings. The van der Waals surface area contributed by atoms with E-state index >= 15 is 0 Å². The van der Waals surface area contributed by atoms with Gasteiger partial charge in [-0.2, -0.15) is 0 Å². The molecule has 3 aromatic carbocycles. The van der Waals surface area contributed by atoms with Crippen LogP contribution < -0.4 is 15.0 Å². The zero-order valence-corrected chi connectivity index (χ0v) is 19.0. The van der Waals surface area contributed by atoms with Gasteiger partial charge in [-0.25, -0.2) is 0 Å². The lowest BCUT2D eigenvalue weighted by Gasteiger charge is -2.25. The van der Waals surface area contributed by atoms with Crippen LogP contribution in [0.5, 0.6) is 5.75 Å². The van der Waals surface area contributed by atoms with Crippen LogP contribution in [0.2, 0.25) is 0 Å². The summed E-state index contributed by atoms with van der Waals surface area (Å²) >= 11 is 1.61. The van der Waals surface area contributed by atoms with E-state index in [0.29, 0.717) is 23.1 Å². The molecule has 164 valence electrons. The summed E-state index contributed by atoms with van der Waals surface area (Å²) < 4.78 is 5.48. The van der Waals surface area contributed by atoms with Crippen molar-refractivity contribution >= 4 is 35.0 Å². The molecule has 0 radical (unpaired) electrons. The molecular formula is C26H26N2O3S. The van der Waals surface area contributed by atoms with E-state index in [2.05, 4.69) is 31.3 Å². The second kappa shape index (κ2) is 9.92. The fourth-order valence-corrected chi connectivity index (χ4v) is 4.74. The third kappa shape index (κ3) is 5.14. The van der Waals surface area contributed by atoms with Crippen molar-refractivity contribution in [3.05, 3.63) is 90.0 Å². The Morgan fingerprint density at radius 2 is 1.72 bits per heavy atom. The lowest BCUT2D eigenvalue weighted by molar-refractivity contribution is -0.118. The van der Waals surface area contributed by atoms with Crippen LogP contribution in [-0.2, 0) is 9.59 Å². The van der Waals surface area contributed by atoms with Gasteiger partial charge in [0.25, 0.3) is 5.91 Å². The average Bonchev–Trinajstić information content (AvgIpc) is 3.20. The van der Waals surface area contributed by atoms with Gasteiger partial charge in [0.1, 0.15) is 11.1 Å². The molecule has 3 aromatic rings. The molecule has 1 fully saturated rings. The number of benzene rings is 3. The van der Waals surface area contributed by atoms with E-state index in [1.54, 1.807) is 11.8 Å². The highest BCUT2D eigenvalue weighted by atomic mass is 32.2. The highest BCUT2D eigenvalue weighted by Crippen LogP contribution is 2.42. The number of amides is 2. The standard InChI is InChI=1S/C26H26N2O3S/c1-18(2)19-10-14-22(15-11-19)28-25(30)17-32-26(28)20-8-12-21(13-9-20)27-24(29)16-31-23-6-4-3-5-7-23/h3-15,18,26H,16-17H2,1-2H3,(H,27,29)/t26-/m1/s1. The molecule has 1 saturated heterocycles. The van der Waals surface area contributed by atoms with Crippen LogP contribution in [0, 0.1) is 0 Å². The fourth-order valence-electron chi connectivity index (χ4n) is 3.56. The molecule has 0 bridgehead atoms. The fraction of sp³-hybridized carbons (Fsp3) is 0.231. The highest BCUT2D eigenvalue weighted by molar-refractivity contribution is 8.00. The van der Waals surface area contributed by atoms with E-state index in [1.165, 1.54) is 5.56 Å². The number of ether oxygens (including phenoxy) is 1. The predicted octanol–water partition coefficient (Wildman–Crippen LogP) is 5.61. The van der Waals surface area contributed by atoms with Gasteiger partial charge in [-0.15, -0.1) is 11.8 Å². The van der Waals surface area contributed by atoms with Gasteiger partial charge in [0.2, 0.25) is 5.91 Å². The summed E-state index contributed by atoms with van der Waals surface area (Å²) in [5.41, 5.74) is 3.87. The zero-order chi connectivity index (χ0) is 22.5. The third-order valence-electron chi connectivity index (χ3n) is 5.30. The minimum atomic E-state index is -0.223. The SMILES string of the molecule is CC(C)c1ccc(N2C(=O)CS[C@@H]2c2ccc(NC(=O)COc3ccccc3)cc2)cc1. The smallest absolute Gasteiger partial charge is 0.262 e. The molecule has 5 nitrogen and oxygen atoms in total. The van der Waals surface area contributed by atoms with Crippen LogP contribution in [0.1, 0.15) is 36.3 Å². The van der Waals surface area contributed by atoms with E-state index < -0.39 is 0 Å². The first-order valence-corrected chi connectivity index (χ1v) is 11.7. The van der Waals surface area contributed by atoms with E-state index in [4.69, 9.17) is 4.74 Å². The number of nitrogens with zero attached hydrogens (tertiary/aromatic N) is 1. The van der Waals surface area contributed by atoms with Crippen LogP contribution >= 0.6 is 11.8 Å². The summed E-state index contributed by atoms with van der Waals surface area (Å²) in [6.45, 7) is 4.25. The van der Waals surface area contributed by atoms with Crippen molar-refractivity contribution < 1.29 is 14.3 Å². The lowest BCUT2D eigenvalue weighted by atomic mass is 10.0. The molecule has 32 heavy (non-hydrogen) atoms. The van der Waals surface area contributed by atoms with Gasteiger partial charge in [0, 0.05) is 11.4 Å². The van der Waals surface area contributed by atoms with E-state index in [-0.39, 0.29) is 23.8 Å². The summed E-state index contributed by atoms with van der Waals surface area (Å²) in [7, 11) is 0. The van der Waals surface area contributed by atoms with Crippen molar-refractivity contribution in [1.82, 2.24) is 0 Å². The Labute approximate surface area is 192 Å². The second-order valence-corrected chi connectivity index (χ2v) is 9.01. The Morgan fingerprint density at radius 1 is 1.03 bits per heavy atom. The molecule has 4 rings (SSSR count). The third-order valence-corrected chi connectivity index (χ3v) is 6.51. The van der Waals surface area contributed by atoms with Crippen molar-refractivity contribution in [3.63, 3.8) is 0 Å². The number of hydrogen-bond acceptors (Lipinski definition) is 4. The summed E-state index contributed by atoms with van der Waals surface area (Å²) in [6, 6.07) is 25.1. The minimum absolute atomic E-state index is 0.0567. The molecule has 1 aliphatic heterocycles. The number of anilines is 2. The highest BCUT2D eigenvalue weighted by Gasteiger charge is 2.34. The number of para-hydroxylation sites is 1. The maximum atomic E-state index is 12.6. The predicted molar refractivity (Wildman–Crippen MR) is 130 cm³/mol. The molecule has 6 heteroatoms. The molecule has 1 N–H and O–H groups in total. The lowest BCUT2D eigenvalue weighted by Crippen LogP contribution is -2.27. The minimum Gasteiger partial charge on any atom is -0.484 e. The first-order valence-electron chi connectivity index (χ1n) is 10.6. The van der Waals surface area contributed by atoms with Gasteiger partial charge >= 0.3 is 0 Å². The monoisotopic (exact) mass is 446 g/mol. The number of rotatable bonds is 7. The van der Waals surface area contributed by atoms with Crippen LogP contribution in [0.25, 0.3) is 0 Å².